The van der Waals surface area contributed by atoms with Crippen molar-refractivity contribution in [1.29, 1.82) is 0 Å². The van der Waals surface area contributed by atoms with Gasteiger partial charge in [-0.15, -0.1) is 0 Å². The fourth-order valence-corrected chi connectivity index (χ4v) is 9.36. The molecule has 0 amide bonds. The second-order valence-corrected chi connectivity index (χ2v) is 19.8. The number of carboxylic acid groups (broad SMARTS) is 2. The van der Waals surface area contributed by atoms with Crippen molar-refractivity contribution < 1.29 is 56.7 Å². The molecule has 0 heterocycles. The number of carbonyl (C=O) groups is 2. The zero-order valence-corrected chi connectivity index (χ0v) is 48.2. The van der Waals surface area contributed by atoms with Gasteiger partial charge in [-0.1, -0.05) is 207 Å². The fourth-order valence-electron chi connectivity index (χ4n) is 9.36. The Balaban J connectivity index is 0.000000780. The molecule has 4 aromatic carbocycles. The Bertz CT molecular complexity index is 2250. The molecule has 0 aliphatic carbocycles. The molecule has 75 heavy (non-hydrogen) atoms. The molecule has 0 aliphatic heterocycles. The number of aromatic carboxylic acids is 2. The third kappa shape index (κ3) is 25.0. The van der Waals surface area contributed by atoms with E-state index in [9.17, 15) is 19.8 Å². The molecule has 4 rings (SSSR count). The van der Waals surface area contributed by atoms with E-state index in [1.807, 2.05) is 13.8 Å². The minimum Gasteiger partial charge on any atom is -0.869 e. The SMILES string of the molecule is CCCCCCCCCCCCCCC(=Nc1ccc(CCC)c(CCC)c1)C(CCCC)=Nc1ccc(CCC)c(CCC)c1.CCCc1ccc(O)c([O-])c1C(=O)O.CCCc1ccc(O)c([O-])c1C(=O)O.[Ni+2]. The minimum absolute atomic E-state index is 0. The van der Waals surface area contributed by atoms with Gasteiger partial charge in [0.25, 0.3) is 0 Å². The van der Waals surface area contributed by atoms with Crippen LogP contribution >= 0.6 is 0 Å². The van der Waals surface area contributed by atoms with Gasteiger partial charge in [0, 0.05) is 0 Å². The number of benzene rings is 4. The third-order valence-electron chi connectivity index (χ3n) is 13.3. The Labute approximate surface area is 462 Å². The van der Waals surface area contributed by atoms with Gasteiger partial charge < -0.3 is 30.6 Å². The Hall–Kier alpha value is -5.15. The molecule has 0 bridgehead atoms. The maximum Gasteiger partial charge on any atom is 2.00 e. The van der Waals surface area contributed by atoms with Gasteiger partial charge in [-0.05, 0) is 134 Å². The van der Waals surface area contributed by atoms with E-state index in [-0.39, 0.29) is 27.6 Å². The van der Waals surface area contributed by atoms with Crippen LogP contribution in [0.1, 0.15) is 251 Å². The van der Waals surface area contributed by atoms with Crippen molar-refractivity contribution in [2.75, 3.05) is 0 Å². The Kier molecular flexibility index (Phi) is 36.3. The van der Waals surface area contributed by atoms with Gasteiger partial charge in [-0.2, -0.15) is 0 Å². The first kappa shape index (κ1) is 67.9. The molecule has 10 nitrogen and oxygen atoms in total. The molecular formula is C64H94N2NiO8. The first-order chi connectivity index (χ1) is 35.7. The van der Waals surface area contributed by atoms with Gasteiger partial charge in [0.05, 0.1) is 33.9 Å². The van der Waals surface area contributed by atoms with E-state index in [1.165, 1.54) is 167 Å². The van der Waals surface area contributed by atoms with Crippen LogP contribution in [0.15, 0.2) is 70.6 Å². The van der Waals surface area contributed by atoms with E-state index >= 15 is 0 Å². The molecule has 0 fully saturated rings. The first-order valence-corrected chi connectivity index (χ1v) is 28.6. The van der Waals surface area contributed by atoms with Crippen molar-refractivity contribution in [3.05, 3.63) is 105 Å². The molecule has 11 heteroatoms. The molecule has 4 aromatic rings. The number of unbranched alkanes of at least 4 members (excludes halogenated alkanes) is 12. The summed E-state index contributed by atoms with van der Waals surface area (Å²) in [5.41, 5.74) is 11.0. The molecule has 0 spiro atoms. The molecule has 0 aliphatic rings. The topological polar surface area (TPSA) is 186 Å². The Morgan fingerprint density at radius 2 is 0.680 bits per heavy atom. The molecule has 0 saturated heterocycles. The van der Waals surface area contributed by atoms with Crippen LogP contribution in [0.4, 0.5) is 11.4 Å². The summed E-state index contributed by atoms with van der Waals surface area (Å²) in [7, 11) is 0. The van der Waals surface area contributed by atoms with E-state index in [0.29, 0.717) is 24.0 Å². The molecular weight excluding hydrogens is 983 g/mol. The summed E-state index contributed by atoms with van der Waals surface area (Å²) in [6, 6.07) is 19.4. The largest absolute Gasteiger partial charge is 2.00 e. The number of rotatable bonds is 33. The maximum atomic E-state index is 11.3. The van der Waals surface area contributed by atoms with Gasteiger partial charge in [0.2, 0.25) is 0 Å². The smallest absolute Gasteiger partial charge is 0.869 e. The van der Waals surface area contributed by atoms with E-state index < -0.39 is 34.9 Å². The fraction of sp³-hybridized carbons (Fsp3) is 0.562. The Morgan fingerprint density at radius 3 is 1.01 bits per heavy atom. The van der Waals surface area contributed by atoms with Gasteiger partial charge in [0.1, 0.15) is 11.5 Å². The number of aliphatic imine (C=N–C) groups is 2. The third-order valence-corrected chi connectivity index (χ3v) is 13.3. The van der Waals surface area contributed by atoms with Crippen LogP contribution < -0.4 is 10.2 Å². The summed E-state index contributed by atoms with van der Waals surface area (Å²) in [6.45, 7) is 17.5. The number of hydrogen-bond donors (Lipinski definition) is 4. The average Bonchev–Trinajstić information content (AvgIpc) is 3.37. The predicted molar refractivity (Wildman–Crippen MR) is 305 cm³/mol. The molecule has 0 atom stereocenters. The molecule has 0 radical (unpaired) electrons. The monoisotopic (exact) mass is 1080 g/mol. The molecule has 4 N–H and O–H groups in total. The average molecular weight is 1080 g/mol. The summed E-state index contributed by atoms with van der Waals surface area (Å²) in [5.74, 6) is -5.19. The number of phenolic OH excluding ortho intramolecular Hbond substituents is 2. The predicted octanol–water partition coefficient (Wildman–Crippen LogP) is 16.9. The molecule has 0 unspecified atom stereocenters. The van der Waals surface area contributed by atoms with Crippen molar-refractivity contribution in [3.63, 3.8) is 0 Å². The van der Waals surface area contributed by atoms with Crippen molar-refractivity contribution in [3.8, 4) is 23.0 Å². The first-order valence-electron chi connectivity index (χ1n) is 28.6. The van der Waals surface area contributed by atoms with E-state index in [1.54, 1.807) is 0 Å². The minimum atomic E-state index is -1.28. The number of aromatic hydroxyl groups is 2. The number of carboxylic acids is 2. The van der Waals surface area contributed by atoms with Crippen LogP contribution in [0.3, 0.4) is 0 Å². The van der Waals surface area contributed by atoms with E-state index in [2.05, 4.69) is 77.9 Å². The van der Waals surface area contributed by atoms with Crippen molar-refractivity contribution in [2.45, 2.75) is 235 Å². The molecule has 418 valence electrons. The van der Waals surface area contributed by atoms with Crippen LogP contribution in [0.2, 0.25) is 0 Å². The van der Waals surface area contributed by atoms with Crippen LogP contribution in [0.25, 0.3) is 0 Å². The second-order valence-electron chi connectivity index (χ2n) is 19.8. The molecule has 0 aromatic heterocycles. The van der Waals surface area contributed by atoms with Gasteiger partial charge in [-0.25, -0.2) is 9.59 Å². The van der Waals surface area contributed by atoms with Gasteiger partial charge >= 0.3 is 28.4 Å². The quantitative estimate of drug-likeness (QED) is 0.0206. The number of hydrogen-bond acceptors (Lipinski definition) is 8. The summed E-state index contributed by atoms with van der Waals surface area (Å²) >= 11 is 0. The number of aryl methyl sites for hydroxylation is 6. The van der Waals surface area contributed by atoms with Crippen LogP contribution in [0, 0.1) is 0 Å². The van der Waals surface area contributed by atoms with Gasteiger partial charge in [0.15, 0.2) is 0 Å². The van der Waals surface area contributed by atoms with E-state index in [0.717, 1.165) is 69.2 Å². The summed E-state index contributed by atoms with van der Waals surface area (Å²) in [5, 5.41) is 58.3. The van der Waals surface area contributed by atoms with Crippen LogP contribution in [-0.2, 0) is 55.0 Å². The van der Waals surface area contributed by atoms with Crippen LogP contribution in [0.5, 0.6) is 23.0 Å². The van der Waals surface area contributed by atoms with Crippen molar-refractivity contribution in [2.24, 2.45) is 9.98 Å². The van der Waals surface area contributed by atoms with Crippen molar-refractivity contribution >= 4 is 34.7 Å². The molecule has 0 saturated carbocycles. The van der Waals surface area contributed by atoms with Crippen LogP contribution in [-0.4, -0.2) is 43.8 Å². The maximum absolute atomic E-state index is 11.3. The summed E-state index contributed by atoms with van der Waals surface area (Å²) in [6.07, 6.45) is 32.7. The normalized spacial score (nSPS) is 11.3. The summed E-state index contributed by atoms with van der Waals surface area (Å²) in [4.78, 5) is 32.4. The zero-order chi connectivity index (χ0) is 54.7. The standard InChI is InChI=1S/C44H72N2.2C10H12O4.Ni/c1-7-13-15-16-17-18-19-20-21-22-23-24-30-44(46-42-34-32-38(26-10-4)40(36-42)28-12-6)43(29-14-8-2)45-41-33-31-37(25-9-3)39(35-41)27-11-5;2*1-2-3-6-4-5-7(11)9(12)8(6)10(13)14;/h31-36H,7-30H2,1-6H3;2*4-5,11-12H,2-3H2,1H3,(H,13,14);/q;;;+2/p-2. The summed E-state index contributed by atoms with van der Waals surface area (Å²) < 4.78 is 0. The van der Waals surface area contributed by atoms with E-state index in [4.69, 9.17) is 30.4 Å². The van der Waals surface area contributed by atoms with Gasteiger partial charge in [-0.3, -0.25) is 9.98 Å². The second kappa shape index (κ2) is 40.2. The Morgan fingerprint density at radius 1 is 0.387 bits per heavy atom. The number of phenols is 2. The zero-order valence-electron chi connectivity index (χ0n) is 47.2. The number of nitrogens with zero attached hydrogens (tertiary/aromatic N) is 2. The van der Waals surface area contributed by atoms with Crippen molar-refractivity contribution in [1.82, 2.24) is 0 Å².